The molecule has 0 saturated carbocycles. The van der Waals surface area contributed by atoms with E-state index in [-0.39, 0.29) is 35.6 Å². The summed E-state index contributed by atoms with van der Waals surface area (Å²) < 4.78 is 110. The van der Waals surface area contributed by atoms with Gasteiger partial charge in [-0.15, -0.1) is 0 Å². The minimum Gasteiger partial charge on any atom is -0.493 e. The van der Waals surface area contributed by atoms with Crippen LogP contribution in [0, 0.1) is 23.7 Å². The highest BCUT2D eigenvalue weighted by molar-refractivity contribution is 7.88. The van der Waals surface area contributed by atoms with Crippen LogP contribution in [0.5, 0.6) is 11.5 Å². The number of nitrogens with zero attached hydrogens (tertiary/aromatic N) is 15. The Labute approximate surface area is 640 Å². The van der Waals surface area contributed by atoms with Crippen molar-refractivity contribution in [1.29, 1.82) is 0 Å². The molecule has 4 saturated heterocycles. The summed E-state index contributed by atoms with van der Waals surface area (Å²) in [6, 6.07) is 21.2. The average molecular weight is 1600 g/mol. The molecule has 4 aliphatic heterocycles. The predicted molar refractivity (Wildman–Crippen MR) is 418 cm³/mol. The summed E-state index contributed by atoms with van der Waals surface area (Å²) in [7, 11) is -8.99. The van der Waals surface area contributed by atoms with Gasteiger partial charge in [0.15, 0.2) is 17.3 Å². The van der Waals surface area contributed by atoms with E-state index in [9.17, 15) is 48.1 Å². The number of amides is 3. The third-order valence-electron chi connectivity index (χ3n) is 18.8. The highest BCUT2D eigenvalue weighted by Crippen LogP contribution is 2.38. The second-order valence-electron chi connectivity index (χ2n) is 26.8. The first-order chi connectivity index (χ1) is 52.4. The number of aryl methyl sites for hydroxylation is 1. The molecule has 0 spiro atoms. The molecule has 0 atom stereocenters. The third kappa shape index (κ3) is 27.1. The van der Waals surface area contributed by atoms with E-state index in [1.165, 1.54) is 13.2 Å². The number of carbonyl (C=O) groups is 3. The van der Waals surface area contributed by atoms with Crippen molar-refractivity contribution in [1.82, 2.24) is 73.5 Å². The molecular formula is C68H97N25O13S4. The minimum absolute atomic E-state index is 0.224. The van der Waals surface area contributed by atoms with Crippen molar-refractivity contribution >= 4 is 121 Å². The fraction of sp³-hybridized carbons (Fsp3) is 0.485. The highest BCUT2D eigenvalue weighted by Gasteiger charge is 2.28. The van der Waals surface area contributed by atoms with Gasteiger partial charge in [-0.25, -0.2) is 67.6 Å². The lowest BCUT2D eigenvalue weighted by Gasteiger charge is -2.33. The van der Waals surface area contributed by atoms with Gasteiger partial charge in [0, 0.05) is 128 Å². The number of fused-ring (bicyclic) bond motifs is 2. The monoisotopic (exact) mass is 1600 g/mol. The normalized spacial score (nSPS) is 15.7. The highest BCUT2D eigenvalue weighted by atomic mass is 32.2. The number of nitrogens with two attached hydrogens (primary N) is 3. The lowest BCUT2D eigenvalue weighted by atomic mass is 9.93. The van der Waals surface area contributed by atoms with Crippen LogP contribution in [0.1, 0.15) is 105 Å². The van der Waals surface area contributed by atoms with Gasteiger partial charge >= 0.3 is 0 Å². The lowest BCUT2D eigenvalue weighted by Crippen LogP contribution is -2.37. The molecule has 0 radical (unpaired) electrons. The molecule has 2 aromatic carbocycles. The van der Waals surface area contributed by atoms with Crippen LogP contribution in [0.2, 0.25) is 0 Å². The van der Waals surface area contributed by atoms with Gasteiger partial charge < -0.3 is 29.1 Å². The fourth-order valence-electron chi connectivity index (χ4n) is 13.1. The maximum atomic E-state index is 12.3. The van der Waals surface area contributed by atoms with E-state index < -0.39 is 40.7 Å². The molecular weight excluding hydrogens is 1500 g/mol. The van der Waals surface area contributed by atoms with Crippen molar-refractivity contribution in [3.05, 3.63) is 115 Å². The number of nitrogens with one attached hydrogen (secondary N) is 7. The number of rotatable bonds is 27. The van der Waals surface area contributed by atoms with E-state index in [4.69, 9.17) is 24.9 Å². The van der Waals surface area contributed by atoms with Crippen LogP contribution in [-0.2, 0) is 52.5 Å². The largest absolute Gasteiger partial charge is 0.493 e. The van der Waals surface area contributed by atoms with E-state index in [0.29, 0.717) is 83.9 Å². The van der Waals surface area contributed by atoms with Gasteiger partial charge in [0.25, 0.3) is 42.4 Å². The van der Waals surface area contributed by atoms with E-state index in [2.05, 4.69) is 104 Å². The summed E-state index contributed by atoms with van der Waals surface area (Å²) in [6.07, 6.45) is 20.0. The van der Waals surface area contributed by atoms with Crippen molar-refractivity contribution in [2.45, 2.75) is 84.0 Å². The quantitative estimate of drug-likeness (QED) is 0.0353. The number of hydrogen-bond donors (Lipinski definition) is 10. The van der Waals surface area contributed by atoms with E-state index >= 15 is 0 Å². The molecule has 110 heavy (non-hydrogen) atoms. The first-order valence-electron chi connectivity index (χ1n) is 35.8. The van der Waals surface area contributed by atoms with E-state index in [0.717, 1.165) is 163 Å². The maximum Gasteiger partial charge on any atom is 0.276 e. The van der Waals surface area contributed by atoms with Crippen LogP contribution >= 0.6 is 0 Å². The number of benzene rings is 2. The molecule has 13 N–H and O–H groups in total. The van der Waals surface area contributed by atoms with Gasteiger partial charge in [-0.3, -0.25) is 40.0 Å². The van der Waals surface area contributed by atoms with Crippen molar-refractivity contribution in [3.8, 4) is 11.5 Å². The molecule has 4 fully saturated rings. The van der Waals surface area contributed by atoms with Crippen molar-refractivity contribution in [3.63, 3.8) is 0 Å². The Bertz CT molecular complexity index is 4690. The molecule has 6 aromatic heterocycles. The van der Waals surface area contributed by atoms with Crippen molar-refractivity contribution in [2.24, 2.45) is 46.1 Å². The summed E-state index contributed by atoms with van der Waals surface area (Å²) in [4.78, 5) is 83.6. The number of anilines is 7. The number of carbonyl (C=O) groups excluding carboxylic acids is 3. The van der Waals surface area contributed by atoms with E-state index in [1.54, 1.807) is 99.9 Å². The van der Waals surface area contributed by atoms with Crippen LogP contribution in [0.3, 0.4) is 0 Å². The molecule has 8 aromatic rings. The second kappa shape index (κ2) is 39.8. The fourth-order valence-corrected chi connectivity index (χ4v) is 14.8. The number of sulfonamides is 1. The van der Waals surface area contributed by atoms with Gasteiger partial charge in [-0.2, -0.15) is 45.3 Å². The Hall–Kier alpha value is -9.63. The molecule has 12 rings (SSSR count). The van der Waals surface area contributed by atoms with Crippen molar-refractivity contribution < 1.29 is 57.5 Å². The van der Waals surface area contributed by atoms with Crippen LogP contribution < -0.4 is 79.3 Å². The Morgan fingerprint density at radius 1 is 0.482 bits per heavy atom. The molecule has 0 unspecified atom stereocenters. The third-order valence-corrected chi connectivity index (χ3v) is 21.4. The van der Waals surface area contributed by atoms with Crippen LogP contribution in [0.4, 0.5) is 41.1 Å². The summed E-state index contributed by atoms with van der Waals surface area (Å²) in [5.74, 6) is 5.88. The van der Waals surface area contributed by atoms with E-state index in [1.807, 2.05) is 29.9 Å². The van der Waals surface area contributed by atoms with Crippen LogP contribution in [0.15, 0.2) is 104 Å². The second-order valence-corrected chi connectivity index (χ2v) is 32.8. The zero-order valence-electron chi connectivity index (χ0n) is 62.0. The van der Waals surface area contributed by atoms with Crippen molar-refractivity contribution in [2.75, 3.05) is 135 Å². The minimum atomic E-state index is -3.66. The molecule has 38 nitrogen and oxygen atoms in total. The number of ether oxygens (including phenoxy) is 2. The standard InChI is InChI=1S/C19H28N6O5S.C18H24N6O3S.C17H23N7O3S.C14H22N6O2S/c1-12(26)22-19-23-15-11-17(30-3)16(29-2)10-14(15)18(24-19)25-8-5-13(6-9-25)4-7-21-31(20,27)28;19-28(26,27)21-11-6-14-8-12-24(13-9-14)16-7-10-20-18(22-16)23-17(25)15-4-2-1-3-5-15;18-28(26,27)21-10-4-13-6-11-24(12-7-13)15-5-9-20-17(22-15)23-16(25)14-3-1-2-8-19-14;1-19-13-12(9-17-19)15-10-16-14(13)20-7-4-11(5-8-20)3-6-18-23(2,21)22/h10-11,13,21H,4-9H2,1-3H3,(H2,20,27,28)(H,22,23,24,26);1-5,7,10,14,21H,6,8-9,11-13H2,(H2,19,26,27)(H,20,22,23,25);1-3,5,8-9,13,21H,4,6-7,10-12H2,(H2,18,26,27)(H,20,22,23,25);9-11,18H,3-8H2,1-2H3. The zero-order chi connectivity index (χ0) is 79.0. The molecule has 0 aliphatic carbocycles. The predicted octanol–water partition coefficient (Wildman–Crippen LogP) is 3.18. The van der Waals surface area contributed by atoms with Gasteiger partial charge in [0.2, 0.25) is 33.8 Å². The number of hydrogen-bond acceptors (Lipinski definition) is 27. The molecule has 3 amide bonds. The zero-order valence-corrected chi connectivity index (χ0v) is 65.2. The van der Waals surface area contributed by atoms with Gasteiger partial charge in [0.05, 0.1) is 32.2 Å². The number of aromatic nitrogens is 11. The lowest BCUT2D eigenvalue weighted by molar-refractivity contribution is -0.114. The molecule has 42 heteroatoms. The SMILES string of the molecule is COc1cc2nc(NC(C)=O)nc(N3CCC(CCNS(N)(=O)=O)CC3)c2cc1OC.Cn1ncc2ncnc(N3CCC(CCNS(C)(=O)=O)CC3)c21.NS(=O)(=O)NCCC1CCN(c2ccnc(NC(=O)c3ccccc3)n2)CC1.NS(=O)(=O)NCCC1CCN(c2ccnc(NC(=O)c3ccccn3)n2)CC1. The summed E-state index contributed by atoms with van der Waals surface area (Å²) in [5, 5.41) is 28.0. The summed E-state index contributed by atoms with van der Waals surface area (Å²) >= 11 is 0. The average Bonchev–Trinajstić information content (AvgIpc) is 1.49. The smallest absolute Gasteiger partial charge is 0.276 e. The Kier molecular flexibility index (Phi) is 30.6. The molecule has 596 valence electrons. The molecule has 4 aliphatic rings. The van der Waals surface area contributed by atoms with Gasteiger partial charge in [0.1, 0.15) is 40.5 Å². The molecule has 0 bridgehead atoms. The first-order valence-corrected chi connectivity index (χ1v) is 42.3. The Morgan fingerprint density at radius 2 is 0.936 bits per heavy atom. The number of methoxy groups -OCH3 is 2. The number of pyridine rings is 1. The van der Waals surface area contributed by atoms with Crippen LogP contribution in [-0.4, -0.2) is 205 Å². The first kappa shape index (κ1) is 84.4. The van der Waals surface area contributed by atoms with Gasteiger partial charge in [-0.05, 0) is 143 Å². The maximum absolute atomic E-state index is 12.3. The topological polar surface area (TPSA) is 515 Å². The van der Waals surface area contributed by atoms with Gasteiger partial charge in [-0.1, -0.05) is 24.3 Å². The Morgan fingerprint density at radius 3 is 1.39 bits per heavy atom. The number of piperidine rings is 4. The summed E-state index contributed by atoms with van der Waals surface area (Å²) in [5.41, 5.74) is 3.29. The Balaban J connectivity index is 0.000000170. The molecule has 10 heterocycles. The summed E-state index contributed by atoms with van der Waals surface area (Å²) in [6.45, 7) is 9.46. The van der Waals surface area contributed by atoms with Crippen LogP contribution in [0.25, 0.3) is 21.9 Å².